The standard InChI is InChI=1S/C11H21NO/c1-5-9(8-6-7-8)12-10(13)11(2,3)4/h8-9H,5-7H2,1-4H3,(H,12,13). The van der Waals surface area contributed by atoms with Crippen molar-refractivity contribution in [2.75, 3.05) is 0 Å². The molecule has 2 nitrogen and oxygen atoms in total. The van der Waals surface area contributed by atoms with Gasteiger partial charge in [-0.3, -0.25) is 4.79 Å². The smallest absolute Gasteiger partial charge is 0.225 e. The second-order valence-electron chi connectivity index (χ2n) is 5.08. The molecule has 0 aromatic rings. The number of hydrogen-bond acceptors (Lipinski definition) is 1. The summed E-state index contributed by atoms with van der Waals surface area (Å²) in [6.07, 6.45) is 3.65. The van der Waals surface area contributed by atoms with E-state index in [0.717, 1.165) is 12.3 Å². The molecule has 1 atom stereocenters. The summed E-state index contributed by atoms with van der Waals surface area (Å²) in [6, 6.07) is 0.423. The highest BCUT2D eigenvalue weighted by molar-refractivity contribution is 5.81. The Hall–Kier alpha value is -0.530. The first-order valence-corrected chi connectivity index (χ1v) is 5.26. The van der Waals surface area contributed by atoms with E-state index < -0.39 is 0 Å². The molecular weight excluding hydrogens is 162 g/mol. The maximum absolute atomic E-state index is 11.7. The SMILES string of the molecule is CCC(NC(=O)C(C)(C)C)C1CC1. The minimum absolute atomic E-state index is 0.186. The van der Waals surface area contributed by atoms with Crippen molar-refractivity contribution in [3.8, 4) is 0 Å². The van der Waals surface area contributed by atoms with Crippen LogP contribution in [0.4, 0.5) is 0 Å². The molecule has 0 radical (unpaired) electrons. The Kier molecular flexibility index (Phi) is 2.99. The van der Waals surface area contributed by atoms with Crippen LogP contribution in [0.2, 0.25) is 0 Å². The van der Waals surface area contributed by atoms with Gasteiger partial charge in [-0.1, -0.05) is 27.7 Å². The van der Waals surface area contributed by atoms with Gasteiger partial charge in [0, 0.05) is 11.5 Å². The molecule has 1 aliphatic carbocycles. The summed E-state index contributed by atoms with van der Waals surface area (Å²) in [7, 11) is 0. The molecule has 0 aliphatic heterocycles. The van der Waals surface area contributed by atoms with Crippen molar-refractivity contribution in [1.29, 1.82) is 0 Å². The van der Waals surface area contributed by atoms with Crippen molar-refractivity contribution < 1.29 is 4.79 Å². The van der Waals surface area contributed by atoms with Gasteiger partial charge >= 0.3 is 0 Å². The Labute approximate surface area is 81.1 Å². The quantitative estimate of drug-likeness (QED) is 0.715. The predicted octanol–water partition coefficient (Wildman–Crippen LogP) is 2.34. The maximum Gasteiger partial charge on any atom is 0.225 e. The van der Waals surface area contributed by atoms with Crippen LogP contribution < -0.4 is 5.32 Å². The van der Waals surface area contributed by atoms with Crippen molar-refractivity contribution in [3.05, 3.63) is 0 Å². The van der Waals surface area contributed by atoms with E-state index in [0.29, 0.717) is 6.04 Å². The fraction of sp³-hybridized carbons (Fsp3) is 0.909. The van der Waals surface area contributed by atoms with Gasteiger partial charge in [0.05, 0.1) is 0 Å². The van der Waals surface area contributed by atoms with Crippen LogP contribution >= 0.6 is 0 Å². The van der Waals surface area contributed by atoms with Crippen molar-refractivity contribution in [2.24, 2.45) is 11.3 Å². The summed E-state index contributed by atoms with van der Waals surface area (Å²) >= 11 is 0. The lowest BCUT2D eigenvalue weighted by molar-refractivity contribution is -0.129. The minimum atomic E-state index is -0.248. The molecule has 1 fully saturated rings. The third-order valence-corrected chi connectivity index (χ3v) is 2.63. The zero-order chi connectivity index (χ0) is 10.1. The summed E-state index contributed by atoms with van der Waals surface area (Å²) in [5.74, 6) is 0.947. The highest BCUT2D eigenvalue weighted by Gasteiger charge is 2.33. The minimum Gasteiger partial charge on any atom is -0.353 e. The normalized spacial score (nSPS) is 19.7. The first kappa shape index (κ1) is 10.6. The van der Waals surface area contributed by atoms with Gasteiger partial charge in [0.15, 0.2) is 0 Å². The fourth-order valence-electron chi connectivity index (χ4n) is 1.44. The molecule has 1 aliphatic rings. The highest BCUT2D eigenvalue weighted by atomic mass is 16.2. The molecule has 0 bridgehead atoms. The van der Waals surface area contributed by atoms with Gasteiger partial charge in [-0.05, 0) is 25.2 Å². The highest BCUT2D eigenvalue weighted by Crippen LogP contribution is 2.34. The second-order valence-corrected chi connectivity index (χ2v) is 5.08. The second kappa shape index (κ2) is 3.69. The molecule has 0 heterocycles. The van der Waals surface area contributed by atoms with E-state index >= 15 is 0 Å². The van der Waals surface area contributed by atoms with Gasteiger partial charge in [0.1, 0.15) is 0 Å². The number of amides is 1. The summed E-state index contributed by atoms with van der Waals surface area (Å²) in [5.41, 5.74) is -0.248. The van der Waals surface area contributed by atoms with Crippen LogP contribution in [0.3, 0.4) is 0 Å². The molecule has 0 aromatic heterocycles. The fourth-order valence-corrected chi connectivity index (χ4v) is 1.44. The van der Waals surface area contributed by atoms with Crippen LogP contribution in [0.25, 0.3) is 0 Å². The topological polar surface area (TPSA) is 29.1 Å². The van der Waals surface area contributed by atoms with E-state index in [4.69, 9.17) is 0 Å². The monoisotopic (exact) mass is 183 g/mol. The first-order valence-electron chi connectivity index (χ1n) is 5.26. The molecule has 1 N–H and O–H groups in total. The Balaban J connectivity index is 2.41. The Morgan fingerprint density at radius 2 is 2.00 bits per heavy atom. The molecule has 76 valence electrons. The zero-order valence-corrected chi connectivity index (χ0v) is 9.18. The number of carbonyl (C=O) groups excluding carboxylic acids is 1. The van der Waals surface area contributed by atoms with Gasteiger partial charge in [0.25, 0.3) is 0 Å². The van der Waals surface area contributed by atoms with Gasteiger partial charge < -0.3 is 5.32 Å². The lowest BCUT2D eigenvalue weighted by Gasteiger charge is -2.23. The van der Waals surface area contributed by atoms with E-state index in [-0.39, 0.29) is 11.3 Å². The number of hydrogen-bond donors (Lipinski definition) is 1. The molecule has 2 heteroatoms. The molecule has 0 aromatic carbocycles. The van der Waals surface area contributed by atoms with Gasteiger partial charge in [-0.25, -0.2) is 0 Å². The van der Waals surface area contributed by atoms with E-state index in [1.165, 1.54) is 12.8 Å². The molecule has 0 spiro atoms. The van der Waals surface area contributed by atoms with Gasteiger partial charge in [-0.2, -0.15) is 0 Å². The van der Waals surface area contributed by atoms with Crippen LogP contribution in [0.5, 0.6) is 0 Å². The largest absolute Gasteiger partial charge is 0.353 e. The molecule has 0 saturated heterocycles. The maximum atomic E-state index is 11.7. The van der Waals surface area contributed by atoms with Crippen LogP contribution in [0.15, 0.2) is 0 Å². The van der Waals surface area contributed by atoms with Crippen molar-refractivity contribution in [1.82, 2.24) is 5.32 Å². The van der Waals surface area contributed by atoms with Gasteiger partial charge in [-0.15, -0.1) is 0 Å². The third-order valence-electron chi connectivity index (χ3n) is 2.63. The van der Waals surface area contributed by atoms with E-state index in [1.54, 1.807) is 0 Å². The summed E-state index contributed by atoms with van der Waals surface area (Å²) in [4.78, 5) is 11.7. The van der Waals surface area contributed by atoms with Crippen LogP contribution in [-0.2, 0) is 4.79 Å². The number of carbonyl (C=O) groups is 1. The molecule has 1 saturated carbocycles. The molecule has 1 rings (SSSR count). The van der Waals surface area contributed by atoms with Crippen molar-refractivity contribution in [3.63, 3.8) is 0 Å². The third kappa shape index (κ3) is 3.02. The Bertz CT molecular complexity index is 189. The average Bonchev–Trinajstić information content (AvgIpc) is 2.80. The van der Waals surface area contributed by atoms with Crippen molar-refractivity contribution >= 4 is 5.91 Å². The zero-order valence-electron chi connectivity index (χ0n) is 9.18. The summed E-state index contributed by atoms with van der Waals surface area (Å²) in [6.45, 7) is 8.03. The summed E-state index contributed by atoms with van der Waals surface area (Å²) < 4.78 is 0. The number of nitrogens with one attached hydrogen (secondary N) is 1. The molecular formula is C11H21NO. The van der Waals surface area contributed by atoms with E-state index in [1.807, 2.05) is 20.8 Å². The van der Waals surface area contributed by atoms with E-state index in [2.05, 4.69) is 12.2 Å². The van der Waals surface area contributed by atoms with Crippen LogP contribution in [-0.4, -0.2) is 11.9 Å². The van der Waals surface area contributed by atoms with E-state index in [9.17, 15) is 4.79 Å². The average molecular weight is 183 g/mol. The van der Waals surface area contributed by atoms with Gasteiger partial charge in [0.2, 0.25) is 5.91 Å². The number of rotatable bonds is 3. The molecule has 1 amide bonds. The lowest BCUT2D eigenvalue weighted by atomic mass is 9.94. The Morgan fingerprint density at radius 3 is 2.31 bits per heavy atom. The summed E-state index contributed by atoms with van der Waals surface area (Å²) in [5, 5.41) is 3.13. The molecule has 1 unspecified atom stereocenters. The first-order chi connectivity index (χ1) is 5.95. The Morgan fingerprint density at radius 1 is 1.46 bits per heavy atom. The van der Waals surface area contributed by atoms with Crippen LogP contribution in [0, 0.1) is 11.3 Å². The van der Waals surface area contributed by atoms with Crippen molar-refractivity contribution in [2.45, 2.75) is 53.0 Å². The molecule has 13 heavy (non-hydrogen) atoms. The lowest BCUT2D eigenvalue weighted by Crippen LogP contribution is -2.42. The van der Waals surface area contributed by atoms with Crippen LogP contribution in [0.1, 0.15) is 47.0 Å². The predicted molar refractivity (Wildman–Crippen MR) is 54.4 cm³/mol.